The van der Waals surface area contributed by atoms with Gasteiger partial charge in [-0.1, -0.05) is 20.8 Å². The highest BCUT2D eigenvalue weighted by atomic mass is 31.2. The largest absolute Gasteiger partial charge is 0.456 e. The highest BCUT2D eigenvalue weighted by molar-refractivity contribution is 7.72. The molecule has 0 atom stereocenters. The molecule has 1 heterocycles. The van der Waals surface area contributed by atoms with Crippen molar-refractivity contribution >= 4 is 13.1 Å². The Morgan fingerprint density at radius 2 is 1.75 bits per heavy atom. The molecule has 0 radical (unpaired) electrons. The van der Waals surface area contributed by atoms with Crippen molar-refractivity contribution in [3.8, 4) is 0 Å². The Morgan fingerprint density at radius 1 is 1.25 bits per heavy atom. The standard InChI is InChI=1S/C14H23O5P/c1-7-17-20(16,18-8-2)13(15)12-10(3)9-11(19-12)14(4,5)6/h9H,7-8H2,1-6H3. The Bertz CT molecular complexity index is 514. The van der Waals surface area contributed by atoms with Crippen molar-refractivity contribution in [2.75, 3.05) is 13.2 Å². The lowest BCUT2D eigenvalue weighted by Gasteiger charge is -2.16. The molecule has 5 nitrogen and oxygen atoms in total. The Labute approximate surface area is 120 Å². The summed E-state index contributed by atoms with van der Waals surface area (Å²) in [6.07, 6.45) is 0. The number of carbonyl (C=O) groups is 1. The normalized spacial score (nSPS) is 12.7. The van der Waals surface area contributed by atoms with Gasteiger partial charge in [0, 0.05) is 5.41 Å². The smallest absolute Gasteiger partial charge is 0.404 e. The van der Waals surface area contributed by atoms with Gasteiger partial charge in [0.05, 0.1) is 13.2 Å². The summed E-state index contributed by atoms with van der Waals surface area (Å²) < 4.78 is 28.2. The lowest BCUT2D eigenvalue weighted by Crippen LogP contribution is -2.10. The van der Waals surface area contributed by atoms with Gasteiger partial charge in [0.15, 0.2) is 5.76 Å². The zero-order chi connectivity index (χ0) is 15.6. The SMILES string of the molecule is CCOP(=O)(OCC)C(=O)c1oc(C(C)(C)C)cc1C. The molecule has 0 spiro atoms. The first-order chi connectivity index (χ1) is 9.15. The summed E-state index contributed by atoms with van der Waals surface area (Å²) >= 11 is 0. The van der Waals surface area contributed by atoms with Gasteiger partial charge in [0.25, 0.3) is 0 Å². The van der Waals surface area contributed by atoms with Gasteiger partial charge in [-0.05, 0) is 32.4 Å². The van der Waals surface area contributed by atoms with Crippen LogP contribution in [0.2, 0.25) is 0 Å². The van der Waals surface area contributed by atoms with Crippen molar-refractivity contribution in [3.05, 3.63) is 23.2 Å². The van der Waals surface area contributed by atoms with E-state index in [1.54, 1.807) is 26.8 Å². The average Bonchev–Trinajstić information content (AvgIpc) is 2.70. The predicted molar refractivity (Wildman–Crippen MR) is 77.3 cm³/mol. The first kappa shape index (κ1) is 17.2. The minimum atomic E-state index is -3.83. The van der Waals surface area contributed by atoms with Crippen LogP contribution in [0.25, 0.3) is 0 Å². The molecule has 0 aliphatic carbocycles. The summed E-state index contributed by atoms with van der Waals surface area (Å²) in [6, 6.07) is 1.79. The Hall–Kier alpha value is -0.900. The Morgan fingerprint density at radius 3 is 2.10 bits per heavy atom. The molecule has 0 aliphatic heterocycles. The van der Waals surface area contributed by atoms with E-state index in [1.165, 1.54) is 0 Å². The predicted octanol–water partition coefficient (Wildman–Crippen LogP) is 4.29. The van der Waals surface area contributed by atoms with Crippen LogP contribution in [0, 0.1) is 6.92 Å². The molecule has 6 heteroatoms. The highest BCUT2D eigenvalue weighted by Crippen LogP contribution is 2.52. The van der Waals surface area contributed by atoms with Crippen LogP contribution in [0.4, 0.5) is 0 Å². The quantitative estimate of drug-likeness (QED) is 0.733. The number of rotatable bonds is 6. The monoisotopic (exact) mass is 302 g/mol. The first-order valence-corrected chi connectivity index (χ1v) is 8.25. The molecular formula is C14H23O5P. The van der Waals surface area contributed by atoms with Crippen LogP contribution in [0.15, 0.2) is 10.5 Å². The molecule has 0 aromatic carbocycles. The third-order valence-electron chi connectivity index (χ3n) is 2.70. The number of hydrogen-bond acceptors (Lipinski definition) is 5. The molecule has 1 aromatic rings. The molecule has 0 bridgehead atoms. The summed E-state index contributed by atoms with van der Waals surface area (Å²) in [7, 11) is -3.83. The fourth-order valence-corrected chi connectivity index (χ4v) is 3.14. The molecule has 0 unspecified atom stereocenters. The van der Waals surface area contributed by atoms with Gasteiger partial charge in [-0.25, -0.2) is 0 Å². The van der Waals surface area contributed by atoms with E-state index in [4.69, 9.17) is 13.5 Å². The second-order valence-electron chi connectivity index (χ2n) is 5.51. The number of carbonyl (C=O) groups excluding carboxylic acids is 1. The van der Waals surface area contributed by atoms with Crippen LogP contribution in [0.5, 0.6) is 0 Å². The van der Waals surface area contributed by atoms with E-state index in [0.717, 1.165) is 0 Å². The molecule has 0 amide bonds. The molecule has 0 fully saturated rings. The van der Waals surface area contributed by atoms with Gasteiger partial charge in [0.2, 0.25) is 0 Å². The molecule has 1 rings (SSSR count). The molecule has 20 heavy (non-hydrogen) atoms. The van der Waals surface area contributed by atoms with Gasteiger partial charge >= 0.3 is 13.1 Å². The topological polar surface area (TPSA) is 65.7 Å². The highest BCUT2D eigenvalue weighted by Gasteiger charge is 2.39. The van der Waals surface area contributed by atoms with E-state index in [2.05, 4.69) is 0 Å². The van der Waals surface area contributed by atoms with E-state index in [-0.39, 0.29) is 24.4 Å². The molecule has 0 saturated carbocycles. The van der Waals surface area contributed by atoms with Crippen LogP contribution in [0.1, 0.15) is 56.5 Å². The number of hydrogen-bond donors (Lipinski definition) is 0. The average molecular weight is 302 g/mol. The van der Waals surface area contributed by atoms with Gasteiger partial charge in [-0.2, -0.15) is 0 Å². The first-order valence-electron chi connectivity index (χ1n) is 6.70. The summed E-state index contributed by atoms with van der Waals surface area (Å²) in [4.78, 5) is 12.4. The van der Waals surface area contributed by atoms with Crippen LogP contribution >= 0.6 is 7.60 Å². The van der Waals surface area contributed by atoms with Gasteiger partial charge < -0.3 is 13.5 Å². The zero-order valence-electron chi connectivity index (χ0n) is 13.0. The Balaban J connectivity index is 3.20. The minimum absolute atomic E-state index is 0.0557. The second kappa shape index (κ2) is 6.25. The Kier molecular flexibility index (Phi) is 5.36. The molecule has 0 aliphatic rings. The van der Waals surface area contributed by atoms with E-state index in [1.807, 2.05) is 20.8 Å². The van der Waals surface area contributed by atoms with Crippen LogP contribution < -0.4 is 0 Å². The zero-order valence-corrected chi connectivity index (χ0v) is 13.9. The fraction of sp³-hybridized carbons (Fsp3) is 0.643. The van der Waals surface area contributed by atoms with E-state index in [9.17, 15) is 9.36 Å². The maximum atomic E-state index is 12.5. The summed E-state index contributed by atoms with van der Waals surface area (Å²) in [5, 5.41) is 0. The second-order valence-corrected chi connectivity index (χ2v) is 7.43. The molecule has 114 valence electrons. The molecule has 0 N–H and O–H groups in total. The van der Waals surface area contributed by atoms with Crippen LogP contribution in [-0.4, -0.2) is 18.7 Å². The maximum absolute atomic E-state index is 12.5. The lowest BCUT2D eigenvalue weighted by atomic mass is 9.93. The van der Waals surface area contributed by atoms with E-state index >= 15 is 0 Å². The third-order valence-corrected chi connectivity index (χ3v) is 4.59. The van der Waals surface area contributed by atoms with Crippen LogP contribution in [0.3, 0.4) is 0 Å². The summed E-state index contributed by atoms with van der Waals surface area (Å²) in [5.41, 5.74) is -0.307. The molecule has 1 aromatic heterocycles. The van der Waals surface area contributed by atoms with E-state index < -0.39 is 13.1 Å². The lowest BCUT2D eigenvalue weighted by molar-refractivity contribution is 0.0972. The fourth-order valence-electron chi connectivity index (χ4n) is 1.68. The summed E-state index contributed by atoms with van der Waals surface area (Å²) in [5.74, 6) is 0.720. The molecule has 0 saturated heterocycles. The van der Waals surface area contributed by atoms with Gasteiger partial charge in [-0.3, -0.25) is 9.36 Å². The minimum Gasteiger partial charge on any atom is -0.456 e. The summed E-state index contributed by atoms with van der Waals surface area (Å²) in [6.45, 7) is 11.3. The van der Waals surface area contributed by atoms with Crippen molar-refractivity contribution in [1.29, 1.82) is 0 Å². The van der Waals surface area contributed by atoms with Crippen molar-refractivity contribution in [2.45, 2.75) is 47.0 Å². The third kappa shape index (κ3) is 3.60. The van der Waals surface area contributed by atoms with Crippen molar-refractivity contribution < 1.29 is 22.8 Å². The van der Waals surface area contributed by atoms with Gasteiger partial charge in [-0.15, -0.1) is 0 Å². The maximum Gasteiger partial charge on any atom is 0.404 e. The number of aryl methyl sites for hydroxylation is 1. The van der Waals surface area contributed by atoms with Crippen molar-refractivity contribution in [3.63, 3.8) is 0 Å². The van der Waals surface area contributed by atoms with Crippen molar-refractivity contribution in [1.82, 2.24) is 0 Å². The van der Waals surface area contributed by atoms with Crippen molar-refractivity contribution in [2.24, 2.45) is 0 Å². The van der Waals surface area contributed by atoms with E-state index in [0.29, 0.717) is 11.3 Å². The molecular weight excluding hydrogens is 279 g/mol. The van der Waals surface area contributed by atoms with Gasteiger partial charge in [0.1, 0.15) is 5.76 Å². The van der Waals surface area contributed by atoms with Crippen LogP contribution in [-0.2, 0) is 19.0 Å². The number of furan rings is 1.